The summed E-state index contributed by atoms with van der Waals surface area (Å²) in [6, 6.07) is 0. The van der Waals surface area contributed by atoms with Crippen LogP contribution in [0.5, 0.6) is 0 Å². The lowest BCUT2D eigenvalue weighted by molar-refractivity contribution is 0.0168. The van der Waals surface area contributed by atoms with E-state index in [0.29, 0.717) is 18.6 Å². The number of thiazole rings is 1. The molecule has 1 aromatic rings. The molecule has 136 valence electrons. The summed E-state index contributed by atoms with van der Waals surface area (Å²) in [5, 5.41) is 9.81. The van der Waals surface area contributed by atoms with E-state index < -0.39 is 0 Å². The molecule has 1 aliphatic heterocycles. The van der Waals surface area contributed by atoms with Crippen LogP contribution < -0.4 is 10.6 Å². The summed E-state index contributed by atoms with van der Waals surface area (Å²) in [5.74, 6) is 1.28. The zero-order valence-corrected chi connectivity index (χ0v) is 15.8. The number of rotatable bonds is 9. The monoisotopic (exact) mass is 354 g/mol. The van der Waals surface area contributed by atoms with Crippen molar-refractivity contribution in [2.24, 2.45) is 4.99 Å². The molecule has 0 bridgehead atoms. The Labute approximate surface area is 149 Å². The van der Waals surface area contributed by atoms with E-state index in [2.05, 4.69) is 39.8 Å². The van der Waals surface area contributed by atoms with Gasteiger partial charge in [0.25, 0.3) is 0 Å². The minimum Gasteiger partial charge on any atom is -0.379 e. The van der Waals surface area contributed by atoms with Crippen LogP contribution in [0.1, 0.15) is 49.7 Å². The molecule has 2 heterocycles. The van der Waals surface area contributed by atoms with Crippen LogP contribution in [0.4, 0.5) is 0 Å². The van der Waals surface area contributed by atoms with Crippen molar-refractivity contribution in [3.63, 3.8) is 0 Å². The van der Waals surface area contributed by atoms with E-state index in [4.69, 9.17) is 9.47 Å². The predicted molar refractivity (Wildman–Crippen MR) is 98.8 cm³/mol. The molecule has 24 heavy (non-hydrogen) atoms. The van der Waals surface area contributed by atoms with Gasteiger partial charge in [0, 0.05) is 32.2 Å². The Morgan fingerprint density at radius 1 is 1.50 bits per heavy atom. The van der Waals surface area contributed by atoms with Crippen molar-refractivity contribution < 1.29 is 9.47 Å². The van der Waals surface area contributed by atoms with Gasteiger partial charge in [-0.05, 0) is 25.2 Å². The van der Waals surface area contributed by atoms with E-state index in [9.17, 15) is 0 Å². The standard InChI is InChI=1S/C17H30N4O2S/c1-13(2)15-12-24-16(21-15)10-20-17(18-3)19-7-5-8-22-11-14-6-4-9-23-14/h12-14H,4-11H2,1-3H3,(H2,18,19,20). The summed E-state index contributed by atoms with van der Waals surface area (Å²) in [7, 11) is 1.78. The highest BCUT2D eigenvalue weighted by molar-refractivity contribution is 7.09. The molecule has 0 saturated carbocycles. The van der Waals surface area contributed by atoms with Crippen molar-refractivity contribution in [1.82, 2.24) is 15.6 Å². The van der Waals surface area contributed by atoms with Crippen molar-refractivity contribution in [2.75, 3.05) is 33.4 Å². The van der Waals surface area contributed by atoms with Crippen LogP contribution in [0, 0.1) is 0 Å². The van der Waals surface area contributed by atoms with E-state index in [1.54, 1.807) is 18.4 Å². The lowest BCUT2D eigenvalue weighted by Crippen LogP contribution is -2.37. The number of aromatic nitrogens is 1. The fourth-order valence-electron chi connectivity index (χ4n) is 2.42. The average molecular weight is 355 g/mol. The number of ether oxygens (including phenoxy) is 2. The second kappa shape index (κ2) is 10.6. The Balaban J connectivity index is 1.54. The Kier molecular flexibility index (Phi) is 8.49. The smallest absolute Gasteiger partial charge is 0.191 e. The summed E-state index contributed by atoms with van der Waals surface area (Å²) >= 11 is 1.69. The van der Waals surface area contributed by atoms with Gasteiger partial charge in [0.1, 0.15) is 5.01 Å². The van der Waals surface area contributed by atoms with E-state index in [1.165, 1.54) is 0 Å². The molecule has 1 saturated heterocycles. The van der Waals surface area contributed by atoms with E-state index >= 15 is 0 Å². The quantitative estimate of drug-likeness (QED) is 0.405. The second-order valence-corrected chi connectivity index (χ2v) is 7.18. The molecule has 1 fully saturated rings. The summed E-state index contributed by atoms with van der Waals surface area (Å²) in [6.45, 7) is 8.20. The third kappa shape index (κ3) is 6.75. The Morgan fingerprint density at radius 2 is 2.38 bits per heavy atom. The van der Waals surface area contributed by atoms with Gasteiger partial charge in [0.05, 0.1) is 24.9 Å². The molecule has 1 atom stereocenters. The normalized spacial score (nSPS) is 18.3. The van der Waals surface area contributed by atoms with Crippen LogP contribution in [-0.2, 0) is 16.0 Å². The van der Waals surface area contributed by atoms with E-state index in [1.807, 2.05) is 0 Å². The highest BCUT2D eigenvalue weighted by Crippen LogP contribution is 2.17. The Bertz CT molecular complexity index is 499. The molecule has 1 aromatic heterocycles. The highest BCUT2D eigenvalue weighted by Gasteiger charge is 2.14. The van der Waals surface area contributed by atoms with Gasteiger partial charge in [-0.2, -0.15) is 0 Å². The molecule has 0 radical (unpaired) electrons. The summed E-state index contributed by atoms with van der Waals surface area (Å²) in [5.41, 5.74) is 1.16. The maximum absolute atomic E-state index is 5.65. The fraction of sp³-hybridized carbons (Fsp3) is 0.765. The van der Waals surface area contributed by atoms with Crippen molar-refractivity contribution in [3.05, 3.63) is 16.1 Å². The van der Waals surface area contributed by atoms with E-state index in [0.717, 1.165) is 62.3 Å². The molecular weight excluding hydrogens is 324 g/mol. The van der Waals surface area contributed by atoms with Crippen LogP contribution in [0.25, 0.3) is 0 Å². The Hall–Kier alpha value is -1.18. The molecule has 0 aliphatic carbocycles. The lowest BCUT2D eigenvalue weighted by Gasteiger charge is -2.12. The number of hydrogen-bond donors (Lipinski definition) is 2. The van der Waals surface area contributed by atoms with Gasteiger partial charge in [0.15, 0.2) is 5.96 Å². The summed E-state index contributed by atoms with van der Waals surface area (Å²) in [4.78, 5) is 8.85. The maximum atomic E-state index is 5.65. The topological polar surface area (TPSA) is 67.8 Å². The lowest BCUT2D eigenvalue weighted by atomic mass is 10.2. The zero-order valence-electron chi connectivity index (χ0n) is 15.0. The molecule has 2 N–H and O–H groups in total. The van der Waals surface area contributed by atoms with Gasteiger partial charge in [-0.15, -0.1) is 11.3 Å². The first-order chi connectivity index (χ1) is 11.7. The van der Waals surface area contributed by atoms with Crippen molar-refractivity contribution >= 4 is 17.3 Å². The summed E-state index contributed by atoms with van der Waals surface area (Å²) < 4.78 is 11.2. The van der Waals surface area contributed by atoms with Gasteiger partial charge in [-0.25, -0.2) is 4.98 Å². The third-order valence-corrected chi connectivity index (χ3v) is 4.74. The van der Waals surface area contributed by atoms with Crippen molar-refractivity contribution in [1.29, 1.82) is 0 Å². The summed E-state index contributed by atoms with van der Waals surface area (Å²) in [6.07, 6.45) is 3.54. The van der Waals surface area contributed by atoms with Crippen LogP contribution in [0.2, 0.25) is 0 Å². The number of hydrogen-bond acceptors (Lipinski definition) is 5. The fourth-order valence-corrected chi connectivity index (χ4v) is 3.32. The van der Waals surface area contributed by atoms with Gasteiger partial charge in [0.2, 0.25) is 0 Å². The molecule has 1 aliphatic rings. The van der Waals surface area contributed by atoms with E-state index in [-0.39, 0.29) is 0 Å². The molecule has 2 rings (SSSR count). The van der Waals surface area contributed by atoms with Crippen LogP contribution in [0.15, 0.2) is 10.4 Å². The molecule has 6 nitrogen and oxygen atoms in total. The number of nitrogens with one attached hydrogen (secondary N) is 2. The first kappa shape index (κ1) is 19.1. The Morgan fingerprint density at radius 3 is 3.04 bits per heavy atom. The molecule has 7 heteroatoms. The second-order valence-electron chi connectivity index (χ2n) is 6.24. The van der Waals surface area contributed by atoms with Gasteiger partial charge >= 0.3 is 0 Å². The van der Waals surface area contributed by atoms with Gasteiger partial charge < -0.3 is 20.1 Å². The average Bonchev–Trinajstić information content (AvgIpc) is 3.25. The molecular formula is C17H30N4O2S. The van der Waals surface area contributed by atoms with Crippen LogP contribution in [-0.4, -0.2) is 50.5 Å². The van der Waals surface area contributed by atoms with Crippen molar-refractivity contribution in [3.8, 4) is 0 Å². The van der Waals surface area contributed by atoms with Gasteiger partial charge in [-0.1, -0.05) is 13.8 Å². The third-order valence-electron chi connectivity index (χ3n) is 3.88. The number of nitrogens with zero attached hydrogens (tertiary/aromatic N) is 2. The maximum Gasteiger partial charge on any atom is 0.191 e. The molecule has 0 aromatic carbocycles. The molecule has 0 amide bonds. The molecule has 0 spiro atoms. The molecule has 1 unspecified atom stereocenters. The van der Waals surface area contributed by atoms with Crippen molar-refractivity contribution in [2.45, 2.75) is 51.7 Å². The predicted octanol–water partition coefficient (Wildman–Crippen LogP) is 2.52. The van der Waals surface area contributed by atoms with Gasteiger partial charge in [-0.3, -0.25) is 4.99 Å². The van der Waals surface area contributed by atoms with Crippen LogP contribution >= 0.6 is 11.3 Å². The highest BCUT2D eigenvalue weighted by atomic mass is 32.1. The number of aliphatic imine (C=N–C) groups is 1. The minimum atomic E-state index is 0.307. The minimum absolute atomic E-state index is 0.307. The zero-order chi connectivity index (χ0) is 17.2. The number of guanidine groups is 1. The first-order valence-corrected chi connectivity index (χ1v) is 9.65. The van der Waals surface area contributed by atoms with Crippen LogP contribution in [0.3, 0.4) is 0 Å². The SMILES string of the molecule is CN=C(NCCCOCC1CCCO1)NCc1nc(C(C)C)cs1. The first-order valence-electron chi connectivity index (χ1n) is 8.77. The largest absolute Gasteiger partial charge is 0.379 e.